The van der Waals surface area contributed by atoms with E-state index in [0.717, 1.165) is 16.7 Å². The molecule has 19 heavy (non-hydrogen) atoms. The van der Waals surface area contributed by atoms with E-state index < -0.39 is 0 Å². The van der Waals surface area contributed by atoms with Crippen LogP contribution in [-0.4, -0.2) is 34.1 Å². The Kier molecular flexibility index (Phi) is 4.25. The summed E-state index contributed by atoms with van der Waals surface area (Å²) in [5, 5.41) is 0. The van der Waals surface area contributed by atoms with Crippen molar-refractivity contribution in [1.29, 1.82) is 0 Å². The van der Waals surface area contributed by atoms with E-state index in [9.17, 15) is 0 Å². The number of allylic oxidation sites excluding steroid dienone is 1. The molecule has 0 radical (unpaired) electrons. The summed E-state index contributed by atoms with van der Waals surface area (Å²) in [6, 6.07) is 1.87. The number of aromatic amines is 1. The molecule has 6 nitrogen and oxygen atoms in total. The highest BCUT2D eigenvalue weighted by Gasteiger charge is 2.09. The van der Waals surface area contributed by atoms with Gasteiger partial charge in [-0.25, -0.2) is 15.0 Å². The molecular formula is C13H17N5O. The number of aliphatic imine (C=N–C) groups is 1. The second-order valence-electron chi connectivity index (χ2n) is 3.83. The van der Waals surface area contributed by atoms with Gasteiger partial charge >= 0.3 is 0 Å². The number of hydrogen-bond donors (Lipinski definition) is 2. The molecule has 6 heteroatoms. The van der Waals surface area contributed by atoms with Crippen LogP contribution in [0.5, 0.6) is 0 Å². The van der Waals surface area contributed by atoms with Gasteiger partial charge in [-0.1, -0.05) is 6.08 Å². The van der Waals surface area contributed by atoms with E-state index in [4.69, 9.17) is 10.5 Å². The van der Waals surface area contributed by atoms with Gasteiger partial charge in [-0.05, 0) is 19.9 Å². The Balaban J connectivity index is 2.28. The largest absolute Gasteiger partial charge is 0.383 e. The van der Waals surface area contributed by atoms with Crippen molar-refractivity contribution in [3.63, 3.8) is 0 Å². The molecule has 0 bridgehead atoms. The molecule has 100 valence electrons. The molecule has 2 aromatic heterocycles. The van der Waals surface area contributed by atoms with E-state index in [-0.39, 0.29) is 6.73 Å². The number of nitrogens with one attached hydrogen (secondary N) is 1. The molecule has 0 saturated carbocycles. The highest BCUT2D eigenvalue weighted by molar-refractivity contribution is 6.21. The quantitative estimate of drug-likeness (QED) is 0.486. The van der Waals surface area contributed by atoms with Crippen LogP contribution in [0, 0.1) is 0 Å². The number of H-pyrrole nitrogens is 1. The van der Waals surface area contributed by atoms with Gasteiger partial charge in [0.1, 0.15) is 18.1 Å². The van der Waals surface area contributed by atoms with Crippen molar-refractivity contribution in [3.8, 4) is 0 Å². The summed E-state index contributed by atoms with van der Waals surface area (Å²) in [5.41, 5.74) is 8.96. The molecule has 0 amide bonds. The SMILES string of the molecule is C/C=C(\C(N)=N/COCC)c1cnc2[nH]ccc2n1. The molecular weight excluding hydrogens is 242 g/mol. The predicted molar refractivity (Wildman–Crippen MR) is 75.7 cm³/mol. The van der Waals surface area contributed by atoms with E-state index in [1.807, 2.05) is 26.0 Å². The van der Waals surface area contributed by atoms with Crippen LogP contribution in [0.4, 0.5) is 0 Å². The third kappa shape index (κ3) is 2.97. The zero-order chi connectivity index (χ0) is 13.7. The molecule has 0 aliphatic heterocycles. The average molecular weight is 259 g/mol. The number of nitrogens with two attached hydrogens (primary N) is 1. The van der Waals surface area contributed by atoms with E-state index in [1.165, 1.54) is 0 Å². The molecule has 0 fully saturated rings. The van der Waals surface area contributed by atoms with Crippen LogP contribution >= 0.6 is 0 Å². The monoisotopic (exact) mass is 259 g/mol. The van der Waals surface area contributed by atoms with Gasteiger partial charge < -0.3 is 15.5 Å². The third-order valence-corrected chi connectivity index (χ3v) is 2.63. The highest BCUT2D eigenvalue weighted by atomic mass is 16.5. The lowest BCUT2D eigenvalue weighted by atomic mass is 10.1. The average Bonchev–Trinajstić information content (AvgIpc) is 2.87. The topological polar surface area (TPSA) is 89.2 Å². The number of fused-ring (bicyclic) bond motifs is 1. The lowest BCUT2D eigenvalue weighted by Gasteiger charge is -2.06. The van der Waals surface area contributed by atoms with Crippen molar-refractivity contribution in [2.24, 2.45) is 10.7 Å². The summed E-state index contributed by atoms with van der Waals surface area (Å²) in [7, 11) is 0. The first-order valence-corrected chi connectivity index (χ1v) is 6.11. The second-order valence-corrected chi connectivity index (χ2v) is 3.83. The Hall–Kier alpha value is -2.21. The standard InChI is InChI=1S/C13H17N5O/c1-3-9(12(14)17-8-19-4-2)11-7-16-13-10(18-11)5-6-15-13/h3,5-7H,4,8H2,1-2H3,(H2,14,17)(H,15,16)/b9-3-. The maximum Gasteiger partial charge on any atom is 0.156 e. The summed E-state index contributed by atoms with van der Waals surface area (Å²) in [5.74, 6) is 0.403. The third-order valence-electron chi connectivity index (χ3n) is 2.63. The number of ether oxygens (including phenoxy) is 1. The van der Waals surface area contributed by atoms with Crippen molar-refractivity contribution in [1.82, 2.24) is 15.0 Å². The van der Waals surface area contributed by atoms with Crippen molar-refractivity contribution in [2.75, 3.05) is 13.3 Å². The van der Waals surface area contributed by atoms with E-state index in [2.05, 4.69) is 19.9 Å². The Morgan fingerprint density at radius 3 is 3.16 bits per heavy atom. The van der Waals surface area contributed by atoms with Crippen molar-refractivity contribution in [3.05, 3.63) is 30.2 Å². The minimum Gasteiger partial charge on any atom is -0.383 e. The van der Waals surface area contributed by atoms with Crippen LogP contribution in [0.3, 0.4) is 0 Å². The summed E-state index contributed by atoms with van der Waals surface area (Å²) in [4.78, 5) is 15.9. The van der Waals surface area contributed by atoms with Crippen LogP contribution in [-0.2, 0) is 4.74 Å². The maximum absolute atomic E-state index is 5.95. The summed E-state index contributed by atoms with van der Waals surface area (Å²) in [6.45, 7) is 4.66. The molecule has 2 aromatic rings. The summed E-state index contributed by atoms with van der Waals surface area (Å²) < 4.78 is 5.16. The summed E-state index contributed by atoms with van der Waals surface area (Å²) >= 11 is 0. The zero-order valence-corrected chi connectivity index (χ0v) is 11.1. The first-order chi connectivity index (χ1) is 9.26. The number of amidine groups is 1. The molecule has 3 N–H and O–H groups in total. The normalized spacial score (nSPS) is 13.2. The smallest absolute Gasteiger partial charge is 0.156 e. The van der Waals surface area contributed by atoms with Crippen molar-refractivity contribution >= 4 is 22.6 Å². The zero-order valence-electron chi connectivity index (χ0n) is 11.1. The van der Waals surface area contributed by atoms with Crippen LogP contribution < -0.4 is 5.73 Å². The fourth-order valence-electron chi connectivity index (χ4n) is 1.68. The van der Waals surface area contributed by atoms with Crippen LogP contribution in [0.1, 0.15) is 19.5 Å². The Morgan fingerprint density at radius 2 is 2.42 bits per heavy atom. The van der Waals surface area contributed by atoms with E-state index in [0.29, 0.717) is 18.1 Å². The molecule has 0 unspecified atom stereocenters. The van der Waals surface area contributed by atoms with Gasteiger partial charge in [-0.15, -0.1) is 0 Å². The minimum atomic E-state index is 0.250. The molecule has 0 saturated heterocycles. The first-order valence-electron chi connectivity index (χ1n) is 6.11. The van der Waals surface area contributed by atoms with E-state index in [1.54, 1.807) is 12.4 Å². The molecule has 0 aromatic carbocycles. The molecule has 2 rings (SSSR count). The van der Waals surface area contributed by atoms with Gasteiger partial charge in [0, 0.05) is 18.4 Å². The number of aromatic nitrogens is 3. The molecule has 0 aliphatic carbocycles. The molecule has 2 heterocycles. The fourth-order valence-corrected chi connectivity index (χ4v) is 1.68. The van der Waals surface area contributed by atoms with Crippen LogP contribution in [0.25, 0.3) is 16.7 Å². The molecule has 0 spiro atoms. The van der Waals surface area contributed by atoms with Crippen molar-refractivity contribution in [2.45, 2.75) is 13.8 Å². The van der Waals surface area contributed by atoms with Gasteiger partial charge in [-0.2, -0.15) is 0 Å². The Morgan fingerprint density at radius 1 is 1.58 bits per heavy atom. The van der Waals surface area contributed by atoms with Crippen molar-refractivity contribution < 1.29 is 4.74 Å². The first kappa shape index (κ1) is 13.2. The minimum absolute atomic E-state index is 0.250. The van der Waals surface area contributed by atoms with Gasteiger partial charge in [0.25, 0.3) is 0 Å². The molecule has 0 aliphatic rings. The Bertz CT molecular complexity index is 614. The van der Waals surface area contributed by atoms with Gasteiger partial charge in [0.2, 0.25) is 0 Å². The molecule has 0 atom stereocenters. The predicted octanol–water partition coefficient (Wildman–Crippen LogP) is 1.71. The second kappa shape index (κ2) is 6.10. The highest BCUT2D eigenvalue weighted by Crippen LogP contribution is 2.14. The lowest BCUT2D eigenvalue weighted by molar-refractivity contribution is 0.156. The van der Waals surface area contributed by atoms with Gasteiger partial charge in [0.15, 0.2) is 5.65 Å². The number of nitrogens with zero attached hydrogens (tertiary/aromatic N) is 3. The maximum atomic E-state index is 5.95. The van der Waals surface area contributed by atoms with Gasteiger partial charge in [-0.3, -0.25) is 0 Å². The number of rotatable bonds is 5. The van der Waals surface area contributed by atoms with Gasteiger partial charge in [0.05, 0.1) is 11.9 Å². The van der Waals surface area contributed by atoms with Crippen LogP contribution in [0.15, 0.2) is 29.5 Å². The summed E-state index contributed by atoms with van der Waals surface area (Å²) in [6.07, 6.45) is 5.35. The lowest BCUT2D eigenvalue weighted by Crippen LogP contribution is -2.16. The Labute approximate surface area is 111 Å². The van der Waals surface area contributed by atoms with Crippen LogP contribution in [0.2, 0.25) is 0 Å². The van der Waals surface area contributed by atoms with E-state index >= 15 is 0 Å². The fraction of sp³-hybridized carbons (Fsp3) is 0.308. The number of hydrogen-bond acceptors (Lipinski definition) is 4.